The average Bonchev–Trinajstić information content (AvgIpc) is 3.84. The van der Waals surface area contributed by atoms with Gasteiger partial charge < -0.3 is 32.5 Å². The summed E-state index contributed by atoms with van der Waals surface area (Å²) in [5.74, 6) is 9.11. The third-order valence-corrected chi connectivity index (χ3v) is 20.2. The predicted octanol–water partition coefficient (Wildman–Crippen LogP) is 8.71. The van der Waals surface area contributed by atoms with Crippen LogP contribution in [-0.2, 0) is 32.5 Å². The van der Waals surface area contributed by atoms with E-state index >= 15 is 0 Å². The van der Waals surface area contributed by atoms with Gasteiger partial charge in [0.1, 0.15) is 6.10 Å². The first kappa shape index (κ1) is 38.4. The largest absolute Gasteiger partial charge is 0.456 e. The average molecular weight is 735 g/mol. The lowest BCUT2D eigenvalue weighted by Crippen LogP contribution is -2.42. The van der Waals surface area contributed by atoms with Crippen LogP contribution in [0.5, 0.6) is 0 Å². The molecule has 5 heterocycles. The Morgan fingerprint density at radius 2 is 1.34 bits per heavy atom. The highest BCUT2D eigenvalue weighted by atomic mass is 28.4. The Morgan fingerprint density at radius 3 is 1.92 bits per heavy atom. The normalized spacial score (nSPS) is 48.1. The summed E-state index contributed by atoms with van der Waals surface area (Å²) in [5.41, 5.74) is 0. The third kappa shape index (κ3) is 10.3. The van der Waals surface area contributed by atoms with Crippen molar-refractivity contribution in [1.29, 1.82) is 0 Å². The number of rotatable bonds is 9. The molecule has 6 saturated carbocycles. The summed E-state index contributed by atoms with van der Waals surface area (Å²) in [7, 11) is -2.82. The van der Waals surface area contributed by atoms with E-state index in [0.717, 1.165) is 111 Å². The number of epoxide rings is 5. The lowest BCUT2D eigenvalue weighted by atomic mass is 9.76. The van der Waals surface area contributed by atoms with E-state index in [4.69, 9.17) is 32.5 Å². The topological polar surface area (TPSA) is 81.1 Å². The Kier molecular flexibility index (Phi) is 12.1. The molecule has 11 rings (SSSR count). The molecular weight excluding hydrogens is 661 g/mol. The lowest BCUT2D eigenvalue weighted by Gasteiger charge is -2.31. The third-order valence-electron chi connectivity index (χ3n) is 14.0. The summed E-state index contributed by atoms with van der Waals surface area (Å²) in [6.45, 7) is 24.3. The van der Waals surface area contributed by atoms with Gasteiger partial charge in [0.15, 0.2) is 16.6 Å². The Morgan fingerprint density at radius 1 is 0.640 bits per heavy atom. The first-order chi connectivity index (χ1) is 23.8. The van der Waals surface area contributed by atoms with E-state index in [0.29, 0.717) is 24.4 Å². The number of ether oxygens (including phenoxy) is 6. The predicted molar refractivity (Wildman–Crippen MR) is 203 cm³/mol. The molecule has 7 nitrogen and oxygen atoms in total. The highest BCUT2D eigenvalue weighted by Crippen LogP contribution is 2.65. The Labute approximate surface area is 307 Å². The van der Waals surface area contributed by atoms with Gasteiger partial charge in [0.25, 0.3) is 0 Å². The van der Waals surface area contributed by atoms with Gasteiger partial charge in [-0.2, -0.15) is 0 Å². The second-order valence-electron chi connectivity index (χ2n) is 20.0. The molecule has 5 saturated heterocycles. The van der Waals surface area contributed by atoms with Gasteiger partial charge in [0.05, 0.1) is 62.5 Å². The highest BCUT2D eigenvalue weighted by molar-refractivity contribution is 6.84. The van der Waals surface area contributed by atoms with Crippen LogP contribution in [0.15, 0.2) is 0 Å². The van der Waals surface area contributed by atoms with Crippen molar-refractivity contribution in [2.75, 3.05) is 26.4 Å². The van der Waals surface area contributed by atoms with Crippen LogP contribution in [0.4, 0.5) is 0 Å². The fraction of sp³-hybridized carbons (Fsp3) is 1.00. The minimum Gasteiger partial charge on any atom is -0.456 e. The SMILES string of the molecule is CC1CC2CC1C1CC3OC3C21.CC1CC2CC1C1OC21.CC1CCC2OC2C1.CCC1CO1.C[Si](C)(C)O[Si](C)(C)CCCOCC1CO1. The van der Waals surface area contributed by atoms with Gasteiger partial charge in [-0.15, -0.1) is 0 Å². The van der Waals surface area contributed by atoms with E-state index < -0.39 is 16.6 Å². The molecule has 11 fully saturated rings. The van der Waals surface area contributed by atoms with Crippen molar-refractivity contribution in [2.24, 2.45) is 53.3 Å². The minimum atomic E-state index is -1.45. The molecule has 0 aromatic rings. The van der Waals surface area contributed by atoms with Crippen LogP contribution in [-0.4, -0.2) is 91.9 Å². The molecule has 17 atom stereocenters. The number of fused-ring (bicyclic) bond motifs is 13. The van der Waals surface area contributed by atoms with Gasteiger partial charge in [-0.25, -0.2) is 0 Å². The molecule has 0 aromatic heterocycles. The Hall–Kier alpha value is 0.154. The molecule has 5 aliphatic heterocycles. The molecule has 9 heteroatoms. The van der Waals surface area contributed by atoms with Gasteiger partial charge in [-0.05, 0) is 156 Å². The van der Waals surface area contributed by atoms with Gasteiger partial charge in [0, 0.05) is 6.61 Å². The molecule has 0 radical (unpaired) electrons. The molecule has 0 spiro atoms. The Balaban J connectivity index is 0.000000102. The minimum absolute atomic E-state index is 0.392. The second-order valence-corrected chi connectivity index (χ2v) is 29.1. The van der Waals surface area contributed by atoms with Crippen molar-refractivity contribution in [3.8, 4) is 0 Å². The van der Waals surface area contributed by atoms with E-state index in [-0.39, 0.29) is 0 Å². The first-order valence-corrected chi connectivity index (χ1v) is 27.8. The van der Waals surface area contributed by atoms with E-state index in [1.807, 2.05) is 0 Å². The molecule has 0 aromatic carbocycles. The zero-order valence-corrected chi connectivity index (χ0v) is 35.3. The van der Waals surface area contributed by atoms with Crippen LogP contribution < -0.4 is 0 Å². The van der Waals surface area contributed by atoms with E-state index in [1.54, 1.807) is 6.42 Å². The van der Waals surface area contributed by atoms with E-state index in [9.17, 15) is 0 Å². The van der Waals surface area contributed by atoms with Gasteiger partial charge in [-0.3, -0.25) is 0 Å². The fourth-order valence-electron chi connectivity index (χ4n) is 11.4. The Bertz CT molecular complexity index is 1100. The smallest absolute Gasteiger partial charge is 0.173 e. The van der Waals surface area contributed by atoms with Gasteiger partial charge in [-0.1, -0.05) is 27.7 Å². The van der Waals surface area contributed by atoms with Crippen LogP contribution in [0.2, 0.25) is 38.8 Å². The van der Waals surface area contributed by atoms with Crippen LogP contribution >= 0.6 is 0 Å². The van der Waals surface area contributed by atoms with Crippen molar-refractivity contribution >= 4 is 16.6 Å². The maximum atomic E-state index is 6.26. The van der Waals surface area contributed by atoms with Crippen LogP contribution in [0, 0.1) is 53.3 Å². The van der Waals surface area contributed by atoms with Crippen molar-refractivity contribution in [3.63, 3.8) is 0 Å². The zero-order chi connectivity index (χ0) is 35.4. The molecule has 0 N–H and O–H groups in total. The molecule has 6 aliphatic carbocycles. The standard InChI is InChI=1S/C11H26O3Si2.C11H16O.C8H12O.C7H12O.C4H8O/c1-15(2,3)14-16(4,5)8-6-7-12-9-11-10-13-11;1-5-2-6-3-7(5)8-4-9-11(12-9)10(6)8;1-4-2-5-3-6(4)8-7(5)9-8;1-5-2-3-6-7(4-5)8-6;1-2-4-3-5-4/h11H,6-10H2,1-5H3;5-11H,2-4H2,1H3;4-8H,2-3H2,1H3;5-7H,2-4H2,1H3;4H,2-3H2,1H3. The maximum Gasteiger partial charge on any atom is 0.173 e. The van der Waals surface area contributed by atoms with Crippen molar-refractivity contribution in [3.05, 3.63) is 0 Å². The van der Waals surface area contributed by atoms with Gasteiger partial charge in [0.2, 0.25) is 0 Å². The van der Waals surface area contributed by atoms with Crippen molar-refractivity contribution in [2.45, 2.75) is 180 Å². The van der Waals surface area contributed by atoms with E-state index in [2.05, 4.69) is 60.4 Å². The van der Waals surface area contributed by atoms with Crippen LogP contribution in [0.1, 0.15) is 91.9 Å². The maximum absolute atomic E-state index is 6.26. The highest BCUT2D eigenvalue weighted by Gasteiger charge is 2.65. The van der Waals surface area contributed by atoms with Crippen LogP contribution in [0.3, 0.4) is 0 Å². The van der Waals surface area contributed by atoms with E-state index in [1.165, 1.54) is 57.4 Å². The fourth-order valence-corrected chi connectivity index (χ4v) is 19.4. The molecular formula is C41H74O7Si2. The summed E-state index contributed by atoms with van der Waals surface area (Å²) in [6.07, 6.45) is 19.1. The summed E-state index contributed by atoms with van der Waals surface area (Å²) in [6, 6.07) is 1.20. The number of hydrogen-bond acceptors (Lipinski definition) is 7. The van der Waals surface area contributed by atoms with Crippen molar-refractivity contribution in [1.82, 2.24) is 0 Å². The quantitative estimate of drug-likeness (QED) is 0.133. The summed E-state index contributed by atoms with van der Waals surface area (Å²) in [4.78, 5) is 0. The summed E-state index contributed by atoms with van der Waals surface area (Å²) < 4.78 is 38.3. The number of hydrogen-bond donors (Lipinski definition) is 0. The molecule has 4 bridgehead atoms. The molecule has 0 amide bonds. The summed E-state index contributed by atoms with van der Waals surface area (Å²) >= 11 is 0. The second kappa shape index (κ2) is 15.7. The van der Waals surface area contributed by atoms with Crippen molar-refractivity contribution < 1.29 is 32.5 Å². The molecule has 50 heavy (non-hydrogen) atoms. The monoisotopic (exact) mass is 734 g/mol. The van der Waals surface area contributed by atoms with Gasteiger partial charge >= 0.3 is 0 Å². The summed E-state index contributed by atoms with van der Waals surface area (Å²) in [5, 5.41) is 0. The molecule has 17 unspecified atom stereocenters. The first-order valence-electron chi connectivity index (χ1n) is 21.3. The zero-order valence-electron chi connectivity index (χ0n) is 33.3. The lowest BCUT2D eigenvalue weighted by molar-refractivity contribution is 0.116. The molecule has 11 aliphatic rings. The van der Waals surface area contributed by atoms with Crippen LogP contribution in [0.25, 0.3) is 0 Å². The molecule has 288 valence electrons.